The standard InChI is InChI=1S/C17H13N5O/c1-23-14-4-2-12(3-5-14)15-8-11-19-17-20-16(21-22(15)17)13-6-9-18-10-7-13/h2-11H,1H3. The van der Waals surface area contributed by atoms with E-state index in [1.54, 1.807) is 30.2 Å². The quantitative estimate of drug-likeness (QED) is 0.582. The van der Waals surface area contributed by atoms with Crippen LogP contribution in [0.2, 0.25) is 0 Å². The molecule has 0 unspecified atom stereocenters. The third-order valence-electron chi connectivity index (χ3n) is 3.56. The largest absolute Gasteiger partial charge is 0.497 e. The molecule has 0 aliphatic heterocycles. The van der Waals surface area contributed by atoms with Crippen molar-refractivity contribution in [3.05, 3.63) is 61.1 Å². The summed E-state index contributed by atoms with van der Waals surface area (Å²) in [5, 5.41) is 4.59. The summed E-state index contributed by atoms with van der Waals surface area (Å²) < 4.78 is 6.95. The van der Waals surface area contributed by atoms with E-state index in [0.29, 0.717) is 11.6 Å². The van der Waals surface area contributed by atoms with Crippen molar-refractivity contribution in [2.45, 2.75) is 0 Å². The highest BCUT2D eigenvalue weighted by atomic mass is 16.5. The lowest BCUT2D eigenvalue weighted by Crippen LogP contribution is -1.96. The average molecular weight is 303 g/mol. The Bertz CT molecular complexity index is 948. The summed E-state index contributed by atoms with van der Waals surface area (Å²) in [5.41, 5.74) is 2.85. The minimum Gasteiger partial charge on any atom is -0.497 e. The number of rotatable bonds is 3. The summed E-state index contributed by atoms with van der Waals surface area (Å²) in [4.78, 5) is 12.8. The molecule has 3 heterocycles. The van der Waals surface area contributed by atoms with Crippen molar-refractivity contribution in [2.24, 2.45) is 0 Å². The minimum absolute atomic E-state index is 0.560. The van der Waals surface area contributed by atoms with Gasteiger partial charge in [0.1, 0.15) is 5.75 Å². The van der Waals surface area contributed by atoms with Gasteiger partial charge in [-0.1, -0.05) is 0 Å². The van der Waals surface area contributed by atoms with E-state index in [-0.39, 0.29) is 0 Å². The van der Waals surface area contributed by atoms with Gasteiger partial charge in [0.15, 0.2) is 5.82 Å². The van der Waals surface area contributed by atoms with Crippen LogP contribution in [0.5, 0.6) is 5.75 Å². The van der Waals surface area contributed by atoms with E-state index >= 15 is 0 Å². The second-order valence-corrected chi connectivity index (χ2v) is 4.94. The van der Waals surface area contributed by atoms with Crippen molar-refractivity contribution in [3.8, 4) is 28.4 Å². The number of ether oxygens (including phenoxy) is 1. The Morgan fingerprint density at radius 2 is 1.65 bits per heavy atom. The second-order valence-electron chi connectivity index (χ2n) is 4.94. The first-order valence-corrected chi connectivity index (χ1v) is 7.12. The lowest BCUT2D eigenvalue weighted by atomic mass is 10.1. The molecular weight excluding hydrogens is 290 g/mol. The summed E-state index contributed by atoms with van der Waals surface area (Å²) in [6.45, 7) is 0. The lowest BCUT2D eigenvalue weighted by molar-refractivity contribution is 0.415. The predicted molar refractivity (Wildman–Crippen MR) is 86.0 cm³/mol. The van der Waals surface area contributed by atoms with Crippen molar-refractivity contribution in [1.82, 2.24) is 24.6 Å². The zero-order chi connectivity index (χ0) is 15.6. The molecule has 0 atom stereocenters. The highest BCUT2D eigenvalue weighted by molar-refractivity contribution is 5.64. The van der Waals surface area contributed by atoms with Crippen molar-refractivity contribution < 1.29 is 4.74 Å². The van der Waals surface area contributed by atoms with Crippen LogP contribution in [0.4, 0.5) is 0 Å². The van der Waals surface area contributed by atoms with Crippen LogP contribution in [-0.4, -0.2) is 31.7 Å². The average Bonchev–Trinajstić information content (AvgIpc) is 3.07. The van der Waals surface area contributed by atoms with E-state index in [2.05, 4.69) is 20.1 Å². The highest BCUT2D eigenvalue weighted by Crippen LogP contribution is 2.23. The number of pyridine rings is 1. The first-order chi connectivity index (χ1) is 11.3. The fourth-order valence-electron chi connectivity index (χ4n) is 2.40. The molecule has 4 rings (SSSR count). The lowest BCUT2D eigenvalue weighted by Gasteiger charge is -2.05. The van der Waals surface area contributed by atoms with Gasteiger partial charge in [-0.2, -0.15) is 9.50 Å². The van der Waals surface area contributed by atoms with Crippen LogP contribution in [0.1, 0.15) is 0 Å². The molecule has 0 fully saturated rings. The molecule has 0 aliphatic carbocycles. The van der Waals surface area contributed by atoms with E-state index in [1.807, 2.05) is 42.5 Å². The van der Waals surface area contributed by atoms with Crippen LogP contribution in [0, 0.1) is 0 Å². The number of hydrogen-bond acceptors (Lipinski definition) is 5. The van der Waals surface area contributed by atoms with Gasteiger partial charge in [-0.25, -0.2) is 4.98 Å². The van der Waals surface area contributed by atoms with Crippen molar-refractivity contribution in [2.75, 3.05) is 7.11 Å². The number of aromatic nitrogens is 5. The molecule has 0 N–H and O–H groups in total. The SMILES string of the molecule is COc1ccc(-c2ccnc3nc(-c4ccncc4)nn23)cc1. The number of benzene rings is 1. The molecular formula is C17H13N5O. The fourth-order valence-corrected chi connectivity index (χ4v) is 2.40. The second kappa shape index (κ2) is 5.49. The van der Waals surface area contributed by atoms with Gasteiger partial charge in [-0.3, -0.25) is 4.98 Å². The summed E-state index contributed by atoms with van der Waals surface area (Å²) in [7, 11) is 1.65. The first-order valence-electron chi connectivity index (χ1n) is 7.12. The maximum Gasteiger partial charge on any atom is 0.253 e. The molecule has 0 spiro atoms. The van der Waals surface area contributed by atoms with E-state index in [9.17, 15) is 0 Å². The van der Waals surface area contributed by atoms with E-state index < -0.39 is 0 Å². The number of fused-ring (bicyclic) bond motifs is 1. The van der Waals surface area contributed by atoms with Crippen LogP contribution in [0.3, 0.4) is 0 Å². The third-order valence-corrected chi connectivity index (χ3v) is 3.56. The molecule has 112 valence electrons. The summed E-state index contributed by atoms with van der Waals surface area (Å²) in [6.07, 6.45) is 5.18. The molecule has 0 amide bonds. The zero-order valence-electron chi connectivity index (χ0n) is 12.4. The number of nitrogens with zero attached hydrogens (tertiary/aromatic N) is 5. The van der Waals surface area contributed by atoms with Gasteiger partial charge < -0.3 is 4.74 Å². The topological polar surface area (TPSA) is 65.2 Å². The molecule has 0 radical (unpaired) electrons. The maximum atomic E-state index is 5.20. The molecule has 6 nitrogen and oxygen atoms in total. The van der Waals surface area contributed by atoms with Crippen molar-refractivity contribution in [1.29, 1.82) is 0 Å². The molecule has 6 heteroatoms. The van der Waals surface area contributed by atoms with Crippen LogP contribution in [-0.2, 0) is 0 Å². The Kier molecular flexibility index (Phi) is 3.20. The highest BCUT2D eigenvalue weighted by Gasteiger charge is 2.11. The Hall–Kier alpha value is -3.28. The fraction of sp³-hybridized carbons (Fsp3) is 0.0588. The molecule has 0 saturated carbocycles. The Morgan fingerprint density at radius 1 is 0.870 bits per heavy atom. The number of hydrogen-bond donors (Lipinski definition) is 0. The molecule has 0 bridgehead atoms. The van der Waals surface area contributed by atoms with E-state index in [4.69, 9.17) is 4.74 Å². The predicted octanol–water partition coefficient (Wildman–Crippen LogP) is 2.86. The first kappa shape index (κ1) is 13.4. The molecule has 0 aliphatic rings. The normalized spacial score (nSPS) is 10.8. The third kappa shape index (κ3) is 2.40. The van der Waals surface area contributed by atoms with Crippen LogP contribution in [0.25, 0.3) is 28.4 Å². The molecule has 1 aromatic carbocycles. The van der Waals surface area contributed by atoms with E-state index in [1.165, 1.54) is 0 Å². The van der Waals surface area contributed by atoms with E-state index in [0.717, 1.165) is 22.6 Å². The van der Waals surface area contributed by atoms with Crippen LogP contribution < -0.4 is 4.74 Å². The summed E-state index contributed by atoms with van der Waals surface area (Å²) in [6, 6.07) is 13.5. The van der Waals surface area contributed by atoms with Crippen LogP contribution >= 0.6 is 0 Å². The van der Waals surface area contributed by atoms with Crippen LogP contribution in [0.15, 0.2) is 61.1 Å². The monoisotopic (exact) mass is 303 g/mol. The smallest absolute Gasteiger partial charge is 0.253 e. The molecule has 4 aromatic rings. The summed E-state index contributed by atoms with van der Waals surface area (Å²) >= 11 is 0. The Balaban J connectivity index is 1.85. The van der Waals surface area contributed by atoms with Crippen molar-refractivity contribution >= 4 is 5.78 Å². The molecule has 23 heavy (non-hydrogen) atoms. The van der Waals surface area contributed by atoms with Gasteiger partial charge in [0, 0.05) is 29.7 Å². The van der Waals surface area contributed by atoms with Crippen molar-refractivity contribution in [3.63, 3.8) is 0 Å². The summed E-state index contributed by atoms with van der Waals surface area (Å²) in [5.74, 6) is 2.00. The minimum atomic E-state index is 0.560. The molecule has 3 aromatic heterocycles. The Morgan fingerprint density at radius 3 is 2.39 bits per heavy atom. The number of methoxy groups -OCH3 is 1. The van der Waals surface area contributed by atoms with Gasteiger partial charge in [0.05, 0.1) is 12.8 Å². The molecule has 0 saturated heterocycles. The zero-order valence-corrected chi connectivity index (χ0v) is 12.4. The maximum absolute atomic E-state index is 5.20. The van der Waals surface area contributed by atoms with Gasteiger partial charge in [-0.15, -0.1) is 5.10 Å². The van der Waals surface area contributed by atoms with Gasteiger partial charge in [0.25, 0.3) is 5.78 Å². The Labute approximate surface area is 132 Å². The van der Waals surface area contributed by atoms with Gasteiger partial charge in [-0.05, 0) is 42.5 Å². The van der Waals surface area contributed by atoms with Gasteiger partial charge >= 0.3 is 0 Å². The van der Waals surface area contributed by atoms with Gasteiger partial charge in [0.2, 0.25) is 0 Å².